The predicted molar refractivity (Wildman–Crippen MR) is 86.4 cm³/mol. The lowest BCUT2D eigenvalue weighted by Gasteiger charge is -2.13. The van der Waals surface area contributed by atoms with Gasteiger partial charge in [-0.05, 0) is 18.6 Å². The Hall–Kier alpha value is -2.17. The van der Waals surface area contributed by atoms with Gasteiger partial charge in [-0.25, -0.2) is 0 Å². The van der Waals surface area contributed by atoms with Crippen LogP contribution in [0.2, 0.25) is 5.02 Å². The summed E-state index contributed by atoms with van der Waals surface area (Å²) in [7, 11) is 0. The molecule has 0 aliphatic rings. The number of rotatable bonds is 5. The van der Waals surface area contributed by atoms with E-state index in [0.29, 0.717) is 18.3 Å². The zero-order valence-corrected chi connectivity index (χ0v) is 12.9. The molecule has 1 N–H and O–H groups in total. The number of hydrogen-bond donors (Lipinski definition) is 1. The van der Waals surface area contributed by atoms with Crippen LogP contribution < -0.4 is 5.32 Å². The molecule has 1 heterocycles. The van der Waals surface area contributed by atoms with E-state index >= 15 is 0 Å². The van der Waals surface area contributed by atoms with Crippen LogP contribution in [0.5, 0.6) is 0 Å². The van der Waals surface area contributed by atoms with E-state index in [2.05, 4.69) is 22.4 Å². The normalized spacial score (nSPS) is 12.3. The topological polar surface area (TPSA) is 51.0 Å². The Labute approximate surface area is 134 Å². The maximum atomic E-state index is 6.19. The molecule has 0 amide bonds. The largest absolute Gasteiger partial charge is 0.338 e. The fraction of sp³-hybridized carbons (Fsp3) is 0.176. The molecule has 1 atom stereocenters. The second-order valence-electron chi connectivity index (χ2n) is 5.00. The van der Waals surface area contributed by atoms with Gasteiger partial charge in [0.15, 0.2) is 0 Å². The van der Waals surface area contributed by atoms with E-state index in [-0.39, 0.29) is 6.04 Å². The van der Waals surface area contributed by atoms with Crippen molar-refractivity contribution >= 4 is 11.6 Å². The third-order valence-electron chi connectivity index (χ3n) is 3.43. The van der Waals surface area contributed by atoms with Gasteiger partial charge in [0, 0.05) is 16.6 Å². The van der Waals surface area contributed by atoms with Crippen LogP contribution >= 0.6 is 11.6 Å². The van der Waals surface area contributed by atoms with Crippen molar-refractivity contribution in [3.63, 3.8) is 0 Å². The average Bonchev–Trinajstić information content (AvgIpc) is 3.03. The molecule has 3 aromatic rings. The molecule has 0 spiro atoms. The highest BCUT2D eigenvalue weighted by atomic mass is 35.5. The van der Waals surface area contributed by atoms with Crippen molar-refractivity contribution in [2.75, 3.05) is 0 Å². The third-order valence-corrected chi connectivity index (χ3v) is 3.78. The first-order valence-electron chi connectivity index (χ1n) is 7.10. The molecule has 0 bridgehead atoms. The molecule has 0 aliphatic carbocycles. The first-order valence-corrected chi connectivity index (χ1v) is 7.47. The van der Waals surface area contributed by atoms with Crippen LogP contribution in [-0.4, -0.2) is 10.1 Å². The maximum absolute atomic E-state index is 6.19. The van der Waals surface area contributed by atoms with Crippen molar-refractivity contribution < 1.29 is 4.52 Å². The van der Waals surface area contributed by atoms with Crippen molar-refractivity contribution in [3.05, 3.63) is 71.1 Å². The van der Waals surface area contributed by atoms with Gasteiger partial charge in [0.05, 0.1) is 6.54 Å². The Bertz CT molecular complexity index is 742. The lowest BCUT2D eigenvalue weighted by molar-refractivity contribution is 0.360. The van der Waals surface area contributed by atoms with E-state index in [0.717, 1.165) is 16.1 Å². The molecule has 3 rings (SSSR count). The quantitative estimate of drug-likeness (QED) is 0.765. The molecule has 5 heteroatoms. The van der Waals surface area contributed by atoms with Gasteiger partial charge in [-0.15, -0.1) is 0 Å². The fourth-order valence-electron chi connectivity index (χ4n) is 2.21. The third kappa shape index (κ3) is 3.35. The smallest absolute Gasteiger partial charge is 0.240 e. The van der Waals surface area contributed by atoms with E-state index in [4.69, 9.17) is 16.1 Å². The molecule has 112 valence electrons. The number of benzene rings is 2. The second kappa shape index (κ2) is 6.73. The van der Waals surface area contributed by atoms with Crippen molar-refractivity contribution in [3.8, 4) is 11.4 Å². The lowest BCUT2D eigenvalue weighted by Crippen LogP contribution is -2.18. The van der Waals surface area contributed by atoms with Crippen molar-refractivity contribution in [2.45, 2.75) is 19.5 Å². The summed E-state index contributed by atoms with van der Waals surface area (Å²) >= 11 is 6.19. The van der Waals surface area contributed by atoms with E-state index in [1.165, 1.54) is 0 Å². The van der Waals surface area contributed by atoms with E-state index < -0.39 is 0 Å². The van der Waals surface area contributed by atoms with Crippen molar-refractivity contribution in [2.24, 2.45) is 0 Å². The summed E-state index contributed by atoms with van der Waals surface area (Å²) in [5.41, 5.74) is 1.99. The van der Waals surface area contributed by atoms with Gasteiger partial charge in [0.25, 0.3) is 0 Å². The van der Waals surface area contributed by atoms with Crippen LogP contribution in [0.4, 0.5) is 0 Å². The van der Waals surface area contributed by atoms with Crippen LogP contribution in [0.3, 0.4) is 0 Å². The summed E-state index contributed by atoms with van der Waals surface area (Å²) in [4.78, 5) is 4.40. The predicted octanol–water partition coefficient (Wildman–Crippen LogP) is 4.24. The average molecular weight is 314 g/mol. The van der Waals surface area contributed by atoms with E-state index in [1.54, 1.807) is 0 Å². The summed E-state index contributed by atoms with van der Waals surface area (Å²) in [6, 6.07) is 17.6. The van der Waals surface area contributed by atoms with Gasteiger partial charge >= 0.3 is 0 Å². The van der Waals surface area contributed by atoms with Gasteiger partial charge in [0.1, 0.15) is 0 Å². The minimum Gasteiger partial charge on any atom is -0.338 e. The minimum atomic E-state index is 0.0979. The summed E-state index contributed by atoms with van der Waals surface area (Å²) in [6.07, 6.45) is 0. The van der Waals surface area contributed by atoms with E-state index in [1.807, 2.05) is 54.6 Å². The molecule has 0 aliphatic heterocycles. The van der Waals surface area contributed by atoms with Gasteiger partial charge < -0.3 is 9.84 Å². The van der Waals surface area contributed by atoms with Crippen LogP contribution in [0, 0.1) is 0 Å². The summed E-state index contributed by atoms with van der Waals surface area (Å²) in [6.45, 7) is 2.54. The molecule has 0 radical (unpaired) electrons. The van der Waals surface area contributed by atoms with Crippen LogP contribution in [0.1, 0.15) is 24.4 Å². The zero-order chi connectivity index (χ0) is 15.4. The van der Waals surface area contributed by atoms with Gasteiger partial charge in [-0.3, -0.25) is 0 Å². The van der Waals surface area contributed by atoms with Crippen LogP contribution in [-0.2, 0) is 6.54 Å². The SMILES string of the molecule is CC(NCc1nc(-c2ccccc2)no1)c1ccccc1Cl. The standard InChI is InChI=1S/C17H16ClN3O/c1-12(14-9-5-6-10-15(14)18)19-11-16-20-17(21-22-16)13-7-3-2-4-8-13/h2-10,12,19H,11H2,1H3. The summed E-state index contributed by atoms with van der Waals surface area (Å²) < 4.78 is 5.28. The lowest BCUT2D eigenvalue weighted by atomic mass is 10.1. The monoisotopic (exact) mass is 313 g/mol. The van der Waals surface area contributed by atoms with E-state index in [9.17, 15) is 0 Å². The number of hydrogen-bond acceptors (Lipinski definition) is 4. The van der Waals surface area contributed by atoms with Gasteiger partial charge in [-0.2, -0.15) is 4.98 Å². The molecule has 1 unspecified atom stereocenters. The first-order chi connectivity index (χ1) is 10.7. The molecule has 22 heavy (non-hydrogen) atoms. The Balaban J connectivity index is 1.65. The highest BCUT2D eigenvalue weighted by Crippen LogP contribution is 2.22. The first kappa shape index (κ1) is 14.8. The molecular formula is C17H16ClN3O. The molecule has 4 nitrogen and oxygen atoms in total. The molecule has 2 aromatic carbocycles. The van der Waals surface area contributed by atoms with Crippen molar-refractivity contribution in [1.29, 1.82) is 0 Å². The molecular weight excluding hydrogens is 298 g/mol. The molecule has 0 fully saturated rings. The number of aromatic nitrogens is 2. The highest BCUT2D eigenvalue weighted by molar-refractivity contribution is 6.31. The second-order valence-corrected chi connectivity index (χ2v) is 5.41. The molecule has 0 saturated carbocycles. The zero-order valence-electron chi connectivity index (χ0n) is 12.2. The Morgan fingerprint density at radius 2 is 1.82 bits per heavy atom. The van der Waals surface area contributed by atoms with Gasteiger partial charge in [-0.1, -0.05) is 65.3 Å². The minimum absolute atomic E-state index is 0.0979. The van der Waals surface area contributed by atoms with Gasteiger partial charge in [0.2, 0.25) is 11.7 Å². The molecule has 1 aromatic heterocycles. The Morgan fingerprint density at radius 1 is 1.09 bits per heavy atom. The summed E-state index contributed by atoms with van der Waals surface area (Å²) in [5.74, 6) is 1.15. The summed E-state index contributed by atoms with van der Waals surface area (Å²) in [5, 5.41) is 8.09. The van der Waals surface area contributed by atoms with Crippen LogP contribution in [0.25, 0.3) is 11.4 Å². The number of nitrogens with one attached hydrogen (secondary N) is 1. The molecule has 0 saturated heterocycles. The number of halogens is 1. The van der Waals surface area contributed by atoms with Crippen LogP contribution in [0.15, 0.2) is 59.1 Å². The Kier molecular flexibility index (Phi) is 4.51. The highest BCUT2D eigenvalue weighted by Gasteiger charge is 2.12. The Morgan fingerprint density at radius 3 is 2.59 bits per heavy atom. The van der Waals surface area contributed by atoms with Crippen molar-refractivity contribution in [1.82, 2.24) is 15.5 Å². The fourth-order valence-corrected chi connectivity index (χ4v) is 2.51. The number of nitrogens with zero attached hydrogens (tertiary/aromatic N) is 2. The maximum Gasteiger partial charge on any atom is 0.240 e.